The molecule has 52 heavy (non-hydrogen) atoms. The van der Waals surface area contributed by atoms with Gasteiger partial charge in [0.15, 0.2) is 11.5 Å². The van der Waals surface area contributed by atoms with Gasteiger partial charge < -0.3 is 14.6 Å². The van der Waals surface area contributed by atoms with Crippen LogP contribution in [0.5, 0.6) is 17.2 Å². The highest BCUT2D eigenvalue weighted by molar-refractivity contribution is 6.36. The topological polar surface area (TPSA) is 125 Å². The van der Waals surface area contributed by atoms with Gasteiger partial charge in [-0.05, 0) is 85.2 Å². The van der Waals surface area contributed by atoms with Gasteiger partial charge >= 0.3 is 0 Å². The van der Waals surface area contributed by atoms with E-state index in [4.69, 9.17) is 32.7 Å². The molecule has 8 rings (SSSR count). The number of fused-ring (bicyclic) bond motifs is 4. The predicted molar refractivity (Wildman–Crippen MR) is 194 cm³/mol. The number of likely N-dealkylation sites (tertiary alicyclic amines) is 1. The number of amides is 4. The van der Waals surface area contributed by atoms with Gasteiger partial charge in [-0.1, -0.05) is 72.3 Å². The number of allylic oxidation sites excluding steroid dienone is 2. The first-order valence-electron chi connectivity index (χ1n) is 17.8. The number of nitrogens with zero attached hydrogens (tertiary/aromatic N) is 2. The summed E-state index contributed by atoms with van der Waals surface area (Å²) in [5, 5.41) is 12.8. The molecule has 12 heteroatoms. The molecule has 270 valence electrons. The number of methoxy groups -OCH3 is 2. The van der Waals surface area contributed by atoms with Crippen LogP contribution >= 0.6 is 23.2 Å². The standard InChI is InChI=1S/C40H39Cl2N3O7/c1-51-25-12-9-22(10-13-25)40-29(37(48)45(39(40)50)43-31-16-11-23(41)19-30(31)42)20-28-26(35(40)21-8-17-33(52-2)32(46)18-21)14-15-27-34(28)38(49)44(36(27)47)24-6-4-3-5-7-24/h8-14,16-19,24,27-29,34-35,43,46H,3-7,15,20H2,1-2H3. The van der Waals surface area contributed by atoms with Crippen LogP contribution in [0.1, 0.15) is 62.0 Å². The average molecular weight is 745 g/mol. The van der Waals surface area contributed by atoms with Crippen molar-refractivity contribution in [3.8, 4) is 17.2 Å². The van der Waals surface area contributed by atoms with Crippen molar-refractivity contribution in [1.29, 1.82) is 0 Å². The quantitative estimate of drug-likeness (QED) is 0.195. The lowest BCUT2D eigenvalue weighted by atomic mass is 9.49. The number of nitrogens with one attached hydrogen (secondary N) is 1. The Morgan fingerprint density at radius 2 is 1.60 bits per heavy atom. The summed E-state index contributed by atoms with van der Waals surface area (Å²) in [6.07, 6.45) is 7.11. The zero-order chi connectivity index (χ0) is 36.5. The number of carbonyl (C=O) groups is 4. The van der Waals surface area contributed by atoms with Crippen molar-refractivity contribution in [2.75, 3.05) is 19.6 Å². The van der Waals surface area contributed by atoms with E-state index in [9.17, 15) is 19.5 Å². The molecule has 0 radical (unpaired) electrons. The fourth-order valence-corrected chi connectivity index (χ4v) is 10.3. The lowest BCUT2D eigenvalue weighted by Gasteiger charge is -2.50. The van der Waals surface area contributed by atoms with E-state index in [0.717, 1.165) is 42.7 Å². The Kier molecular flexibility index (Phi) is 8.73. The Hall–Kier alpha value is -4.54. The number of anilines is 1. The molecule has 0 aromatic heterocycles. The maximum atomic E-state index is 15.4. The van der Waals surface area contributed by atoms with Crippen LogP contribution in [0.4, 0.5) is 5.69 Å². The second-order valence-corrected chi connectivity index (χ2v) is 15.3. The highest BCUT2D eigenvalue weighted by Crippen LogP contribution is 2.64. The van der Waals surface area contributed by atoms with Crippen molar-refractivity contribution in [1.82, 2.24) is 9.91 Å². The third kappa shape index (κ3) is 5.12. The predicted octanol–water partition coefficient (Wildman–Crippen LogP) is 7.03. The van der Waals surface area contributed by atoms with E-state index in [2.05, 4.69) is 5.43 Å². The van der Waals surface area contributed by atoms with Gasteiger partial charge in [-0.15, -0.1) is 0 Å². The van der Waals surface area contributed by atoms with E-state index in [1.807, 2.05) is 6.08 Å². The molecule has 2 N–H and O–H groups in total. The van der Waals surface area contributed by atoms with Crippen LogP contribution in [-0.2, 0) is 24.6 Å². The normalized spacial score (nSPS) is 28.7. The van der Waals surface area contributed by atoms with Crippen LogP contribution in [0, 0.1) is 23.7 Å². The largest absolute Gasteiger partial charge is 0.504 e. The van der Waals surface area contributed by atoms with Gasteiger partial charge in [-0.25, -0.2) is 0 Å². The molecule has 5 aliphatic rings. The average Bonchev–Trinajstić information content (AvgIpc) is 3.53. The Morgan fingerprint density at radius 3 is 2.27 bits per heavy atom. The highest BCUT2D eigenvalue weighted by Gasteiger charge is 2.70. The highest BCUT2D eigenvalue weighted by atomic mass is 35.5. The number of ether oxygens (including phenoxy) is 2. The minimum atomic E-state index is -1.53. The van der Waals surface area contributed by atoms with Crippen LogP contribution in [0.15, 0.2) is 72.3 Å². The molecule has 2 saturated carbocycles. The molecular weight excluding hydrogens is 705 g/mol. The molecule has 3 aromatic carbocycles. The number of hydrazine groups is 1. The molecule has 2 heterocycles. The summed E-state index contributed by atoms with van der Waals surface area (Å²) in [7, 11) is 3.01. The molecule has 2 saturated heterocycles. The van der Waals surface area contributed by atoms with E-state index in [1.54, 1.807) is 61.7 Å². The molecule has 3 aromatic rings. The van der Waals surface area contributed by atoms with Crippen LogP contribution in [0.2, 0.25) is 10.0 Å². The van der Waals surface area contributed by atoms with Crippen molar-refractivity contribution in [3.63, 3.8) is 0 Å². The molecule has 6 atom stereocenters. The summed E-state index contributed by atoms with van der Waals surface area (Å²) >= 11 is 12.7. The van der Waals surface area contributed by atoms with Crippen LogP contribution < -0.4 is 14.9 Å². The number of phenolic OH excluding ortho intramolecular Hbond substituents is 1. The Labute approximate surface area is 311 Å². The van der Waals surface area contributed by atoms with E-state index in [1.165, 1.54) is 18.1 Å². The van der Waals surface area contributed by atoms with Gasteiger partial charge in [0.1, 0.15) is 5.75 Å². The van der Waals surface area contributed by atoms with E-state index < -0.39 is 46.8 Å². The molecule has 4 fully saturated rings. The SMILES string of the molecule is COc1ccc(C23C(=O)N(Nc4ccc(Cl)cc4Cl)C(=O)C2CC2C(=CCC4C(=O)N(C5CCCCC5)C(=O)C42)C3c2ccc(OC)c(O)c2)cc1. The number of hydrogen-bond acceptors (Lipinski definition) is 8. The van der Waals surface area contributed by atoms with Gasteiger partial charge in [0, 0.05) is 17.0 Å². The number of halogens is 2. The number of aromatic hydroxyl groups is 1. The summed E-state index contributed by atoms with van der Waals surface area (Å²) in [5.41, 5.74) is 3.74. The van der Waals surface area contributed by atoms with Crippen molar-refractivity contribution in [2.24, 2.45) is 23.7 Å². The summed E-state index contributed by atoms with van der Waals surface area (Å²) in [4.78, 5) is 60.4. The van der Waals surface area contributed by atoms with Crippen LogP contribution in [0.3, 0.4) is 0 Å². The summed E-state index contributed by atoms with van der Waals surface area (Å²) in [6.45, 7) is 0. The first-order valence-corrected chi connectivity index (χ1v) is 18.5. The van der Waals surface area contributed by atoms with Gasteiger partial charge in [-0.3, -0.25) is 29.5 Å². The van der Waals surface area contributed by atoms with Gasteiger partial charge in [0.05, 0.1) is 48.1 Å². The number of phenols is 1. The Bertz CT molecular complexity index is 2010. The van der Waals surface area contributed by atoms with Gasteiger partial charge in [-0.2, -0.15) is 5.01 Å². The van der Waals surface area contributed by atoms with Gasteiger partial charge in [0.25, 0.3) is 11.8 Å². The van der Waals surface area contributed by atoms with Crippen molar-refractivity contribution < 1.29 is 33.8 Å². The third-order valence-corrected chi connectivity index (χ3v) is 12.6. The fraction of sp³-hybridized carbons (Fsp3) is 0.400. The summed E-state index contributed by atoms with van der Waals surface area (Å²) in [5.74, 6) is -4.15. The molecule has 2 aliphatic heterocycles. The summed E-state index contributed by atoms with van der Waals surface area (Å²) in [6, 6.07) is 16.7. The van der Waals surface area contributed by atoms with Crippen LogP contribution in [0.25, 0.3) is 0 Å². The first-order chi connectivity index (χ1) is 25.1. The minimum Gasteiger partial charge on any atom is -0.504 e. The maximum Gasteiger partial charge on any atom is 0.260 e. The van der Waals surface area contributed by atoms with E-state index in [0.29, 0.717) is 34.0 Å². The Balaban J connectivity index is 1.32. The fourth-order valence-electron chi connectivity index (χ4n) is 9.83. The number of rotatable bonds is 7. The molecule has 0 bridgehead atoms. The zero-order valence-electron chi connectivity index (χ0n) is 28.8. The first kappa shape index (κ1) is 34.5. The van der Waals surface area contributed by atoms with E-state index in [-0.39, 0.29) is 40.8 Å². The lowest BCUT2D eigenvalue weighted by molar-refractivity contribution is -0.144. The van der Waals surface area contributed by atoms with Crippen LogP contribution in [-0.4, -0.2) is 58.9 Å². The Morgan fingerprint density at radius 1 is 0.846 bits per heavy atom. The second kappa shape index (κ2) is 13.1. The van der Waals surface area contributed by atoms with Gasteiger partial charge in [0.2, 0.25) is 11.8 Å². The summed E-state index contributed by atoms with van der Waals surface area (Å²) < 4.78 is 10.9. The monoisotopic (exact) mass is 743 g/mol. The number of hydrogen-bond donors (Lipinski definition) is 2. The molecule has 4 amide bonds. The number of imide groups is 2. The lowest BCUT2D eigenvalue weighted by Crippen LogP contribution is -2.53. The minimum absolute atomic E-state index is 0.127. The molecular formula is C40H39Cl2N3O7. The number of benzene rings is 3. The molecule has 3 aliphatic carbocycles. The molecule has 6 unspecified atom stereocenters. The smallest absolute Gasteiger partial charge is 0.260 e. The molecule has 0 spiro atoms. The van der Waals surface area contributed by atoms with Crippen molar-refractivity contribution in [2.45, 2.75) is 62.3 Å². The van der Waals surface area contributed by atoms with Crippen molar-refractivity contribution in [3.05, 3.63) is 93.5 Å². The third-order valence-electron chi connectivity index (χ3n) is 12.1. The maximum absolute atomic E-state index is 15.4. The zero-order valence-corrected chi connectivity index (χ0v) is 30.3. The van der Waals surface area contributed by atoms with E-state index >= 15 is 4.79 Å². The second-order valence-electron chi connectivity index (χ2n) is 14.5. The number of carbonyl (C=O) groups excluding carboxylic acids is 4. The van der Waals surface area contributed by atoms with Crippen molar-refractivity contribution >= 4 is 52.5 Å². The molecule has 10 nitrogen and oxygen atoms in total.